The highest BCUT2D eigenvalue weighted by atomic mass is 19.1. The lowest BCUT2D eigenvalue weighted by Crippen LogP contribution is -2.54. The third-order valence-corrected chi connectivity index (χ3v) is 7.74. The standard InChI is InChI=1S/C32H36FN5O3/c33-25-13-11-23(12-14-25)22-34-31(40)28-21-27(35-30(39)24-7-3-1-4-8-24)15-16-29(28)37-17-19-38(20-18-37)32(41)36-26-9-5-2-6-10-26/h1,3-4,7-8,11-16,21,26H,2,5-6,9-10,17-20,22H2,(H,34,40)(H,35,39)(H,36,41). The number of carbonyl (C=O) groups excluding carboxylic acids is 3. The van der Waals surface area contributed by atoms with E-state index in [4.69, 9.17) is 0 Å². The van der Waals surface area contributed by atoms with Gasteiger partial charge in [-0.05, 0) is 60.9 Å². The SMILES string of the molecule is O=C(Nc1ccc(N2CCN(C(=O)NC3CCCCC3)CC2)c(C(=O)NCc2ccc(F)cc2)c1)c1ccccc1. The van der Waals surface area contributed by atoms with Crippen molar-refractivity contribution in [3.8, 4) is 0 Å². The van der Waals surface area contributed by atoms with Gasteiger partial charge in [-0.2, -0.15) is 0 Å². The first-order valence-corrected chi connectivity index (χ1v) is 14.3. The molecule has 0 radical (unpaired) electrons. The molecular formula is C32H36FN5O3. The smallest absolute Gasteiger partial charge is 0.317 e. The summed E-state index contributed by atoms with van der Waals surface area (Å²) in [5.74, 6) is -0.915. The van der Waals surface area contributed by atoms with E-state index in [-0.39, 0.29) is 36.2 Å². The third-order valence-electron chi connectivity index (χ3n) is 7.74. The van der Waals surface area contributed by atoms with Crippen molar-refractivity contribution < 1.29 is 18.8 Å². The Labute approximate surface area is 239 Å². The van der Waals surface area contributed by atoms with Crippen LogP contribution in [0.25, 0.3) is 0 Å². The second-order valence-electron chi connectivity index (χ2n) is 10.6. The van der Waals surface area contributed by atoms with Gasteiger partial charge in [-0.15, -0.1) is 0 Å². The second kappa shape index (κ2) is 13.3. The summed E-state index contributed by atoms with van der Waals surface area (Å²) in [5.41, 5.74) is 2.93. The van der Waals surface area contributed by atoms with Gasteiger partial charge in [-0.25, -0.2) is 9.18 Å². The van der Waals surface area contributed by atoms with E-state index in [1.54, 1.807) is 48.5 Å². The molecule has 5 rings (SSSR count). The molecule has 0 aromatic heterocycles. The first-order valence-electron chi connectivity index (χ1n) is 14.3. The van der Waals surface area contributed by atoms with Crippen molar-refractivity contribution in [3.05, 3.63) is 95.3 Å². The average molecular weight is 558 g/mol. The summed E-state index contributed by atoms with van der Waals surface area (Å²) in [6.07, 6.45) is 5.63. The highest BCUT2D eigenvalue weighted by molar-refractivity contribution is 6.06. The molecule has 0 atom stereocenters. The van der Waals surface area contributed by atoms with Gasteiger partial charge in [0.15, 0.2) is 0 Å². The Morgan fingerprint density at radius 2 is 1.51 bits per heavy atom. The maximum Gasteiger partial charge on any atom is 0.317 e. The van der Waals surface area contributed by atoms with E-state index in [9.17, 15) is 18.8 Å². The van der Waals surface area contributed by atoms with Gasteiger partial charge >= 0.3 is 6.03 Å². The molecule has 1 aliphatic carbocycles. The quantitative estimate of drug-likeness (QED) is 0.374. The highest BCUT2D eigenvalue weighted by Gasteiger charge is 2.26. The third kappa shape index (κ3) is 7.42. The number of amides is 4. The molecule has 2 aliphatic rings. The number of hydrogen-bond acceptors (Lipinski definition) is 4. The Bertz CT molecular complexity index is 1350. The van der Waals surface area contributed by atoms with Gasteiger partial charge in [0.1, 0.15) is 5.82 Å². The fourth-order valence-electron chi connectivity index (χ4n) is 5.41. The molecule has 0 spiro atoms. The van der Waals surface area contributed by atoms with Gasteiger partial charge < -0.3 is 25.8 Å². The minimum absolute atomic E-state index is 0.0206. The monoisotopic (exact) mass is 557 g/mol. The molecule has 2 fully saturated rings. The summed E-state index contributed by atoms with van der Waals surface area (Å²) in [6, 6.07) is 20.4. The molecule has 0 unspecified atom stereocenters. The molecule has 8 nitrogen and oxygen atoms in total. The number of anilines is 2. The Morgan fingerprint density at radius 3 is 2.22 bits per heavy atom. The lowest BCUT2D eigenvalue weighted by molar-refractivity contribution is 0.0949. The molecule has 3 aromatic rings. The molecule has 9 heteroatoms. The molecule has 41 heavy (non-hydrogen) atoms. The maximum absolute atomic E-state index is 13.5. The number of rotatable bonds is 7. The van der Waals surface area contributed by atoms with E-state index in [1.807, 2.05) is 17.0 Å². The first kappa shape index (κ1) is 28.1. The number of halogens is 1. The number of hydrogen-bond donors (Lipinski definition) is 3. The molecular weight excluding hydrogens is 521 g/mol. The van der Waals surface area contributed by atoms with Crippen LogP contribution < -0.4 is 20.9 Å². The largest absolute Gasteiger partial charge is 0.367 e. The Morgan fingerprint density at radius 1 is 0.805 bits per heavy atom. The predicted octanol–water partition coefficient (Wildman–Crippen LogP) is 5.17. The summed E-state index contributed by atoms with van der Waals surface area (Å²) < 4.78 is 13.3. The van der Waals surface area contributed by atoms with Gasteiger partial charge in [0.05, 0.1) is 5.56 Å². The summed E-state index contributed by atoms with van der Waals surface area (Å²) in [6.45, 7) is 2.47. The van der Waals surface area contributed by atoms with Gasteiger partial charge in [0.2, 0.25) is 0 Å². The van der Waals surface area contributed by atoms with Crippen molar-refractivity contribution in [2.24, 2.45) is 0 Å². The Kier molecular flexibility index (Phi) is 9.13. The molecule has 4 amide bonds. The molecule has 3 aromatic carbocycles. The molecule has 0 bridgehead atoms. The predicted molar refractivity (Wildman–Crippen MR) is 158 cm³/mol. The van der Waals surface area contributed by atoms with Crippen LogP contribution in [0.2, 0.25) is 0 Å². The maximum atomic E-state index is 13.5. The summed E-state index contributed by atoms with van der Waals surface area (Å²) in [4.78, 5) is 43.0. The van der Waals surface area contributed by atoms with Crippen LogP contribution in [0, 0.1) is 5.82 Å². The van der Waals surface area contributed by atoms with Crippen LogP contribution in [0.3, 0.4) is 0 Å². The van der Waals surface area contributed by atoms with Crippen molar-refractivity contribution in [1.82, 2.24) is 15.5 Å². The van der Waals surface area contributed by atoms with Crippen molar-refractivity contribution in [2.75, 3.05) is 36.4 Å². The van der Waals surface area contributed by atoms with Gasteiger partial charge in [0.25, 0.3) is 11.8 Å². The summed E-state index contributed by atoms with van der Waals surface area (Å²) >= 11 is 0. The van der Waals surface area contributed by atoms with Crippen molar-refractivity contribution in [1.29, 1.82) is 0 Å². The zero-order valence-corrected chi connectivity index (χ0v) is 23.1. The summed E-state index contributed by atoms with van der Waals surface area (Å²) in [7, 11) is 0. The van der Waals surface area contributed by atoms with Crippen molar-refractivity contribution in [2.45, 2.75) is 44.7 Å². The normalized spacial score (nSPS) is 15.7. The lowest BCUT2D eigenvalue weighted by Gasteiger charge is -2.37. The van der Waals surface area contributed by atoms with Gasteiger partial charge in [-0.3, -0.25) is 9.59 Å². The van der Waals surface area contributed by atoms with Crippen LogP contribution in [-0.2, 0) is 6.54 Å². The number of nitrogens with one attached hydrogen (secondary N) is 3. The highest BCUT2D eigenvalue weighted by Crippen LogP contribution is 2.27. The zero-order chi connectivity index (χ0) is 28.6. The Hall–Kier alpha value is -4.40. The second-order valence-corrected chi connectivity index (χ2v) is 10.6. The molecule has 1 saturated heterocycles. The van der Waals surface area contributed by atoms with Crippen LogP contribution in [0.4, 0.5) is 20.6 Å². The number of urea groups is 1. The topological polar surface area (TPSA) is 93.8 Å². The van der Waals surface area contributed by atoms with Crippen LogP contribution in [0.15, 0.2) is 72.8 Å². The number of benzene rings is 3. The van der Waals surface area contributed by atoms with Crippen molar-refractivity contribution in [3.63, 3.8) is 0 Å². The van der Waals surface area contributed by atoms with Crippen LogP contribution in [-0.4, -0.2) is 55.0 Å². The molecule has 214 valence electrons. The minimum atomic E-state index is -0.337. The molecule has 1 heterocycles. The van der Waals surface area contributed by atoms with E-state index in [1.165, 1.54) is 18.6 Å². The van der Waals surface area contributed by atoms with E-state index < -0.39 is 0 Å². The fourth-order valence-corrected chi connectivity index (χ4v) is 5.41. The van der Waals surface area contributed by atoms with Gasteiger partial charge in [0, 0.05) is 55.7 Å². The average Bonchev–Trinajstić information content (AvgIpc) is 3.01. The number of piperazine rings is 1. The van der Waals surface area contributed by atoms with E-state index >= 15 is 0 Å². The molecule has 1 saturated carbocycles. The zero-order valence-electron chi connectivity index (χ0n) is 23.1. The summed E-state index contributed by atoms with van der Waals surface area (Å²) in [5, 5.41) is 9.00. The molecule has 3 N–H and O–H groups in total. The van der Waals surface area contributed by atoms with E-state index in [2.05, 4.69) is 20.9 Å². The van der Waals surface area contributed by atoms with E-state index in [0.717, 1.165) is 36.9 Å². The number of nitrogens with zero attached hydrogens (tertiary/aromatic N) is 2. The van der Waals surface area contributed by atoms with E-state index in [0.29, 0.717) is 43.0 Å². The number of carbonyl (C=O) groups is 3. The van der Waals surface area contributed by atoms with Crippen LogP contribution in [0.5, 0.6) is 0 Å². The van der Waals surface area contributed by atoms with Crippen molar-refractivity contribution >= 4 is 29.2 Å². The first-order chi connectivity index (χ1) is 20.0. The fraction of sp³-hybridized carbons (Fsp3) is 0.344. The van der Waals surface area contributed by atoms with Crippen LogP contribution >= 0.6 is 0 Å². The van der Waals surface area contributed by atoms with Gasteiger partial charge in [-0.1, -0.05) is 49.6 Å². The molecule has 1 aliphatic heterocycles. The minimum Gasteiger partial charge on any atom is -0.367 e. The Balaban J connectivity index is 1.29. The van der Waals surface area contributed by atoms with Crippen LogP contribution in [0.1, 0.15) is 58.4 Å². The lowest BCUT2D eigenvalue weighted by atomic mass is 9.96.